The van der Waals surface area contributed by atoms with Crippen molar-refractivity contribution in [2.24, 2.45) is 5.84 Å². The average Bonchev–Trinajstić information content (AvgIpc) is 2.72. The predicted octanol–water partition coefficient (Wildman–Crippen LogP) is 2.03. The topological polar surface area (TPSA) is 55.9 Å². The molecule has 0 aliphatic heterocycles. The molecule has 0 bridgehead atoms. The highest BCUT2D eigenvalue weighted by molar-refractivity contribution is 5.01. The van der Waals surface area contributed by atoms with Gasteiger partial charge in [-0.2, -0.15) is 5.10 Å². The Morgan fingerprint density at radius 3 is 2.75 bits per heavy atom. The standard InChI is InChI=1S/C12H24N4/c1-4-5-6-11(14-13)9-12-7-8-16(15-12)10(2)3/h7-8,10-11,14H,4-6,9,13H2,1-3H3. The Balaban J connectivity index is 2.49. The average molecular weight is 224 g/mol. The summed E-state index contributed by atoms with van der Waals surface area (Å²) in [7, 11) is 0. The summed E-state index contributed by atoms with van der Waals surface area (Å²) in [5.41, 5.74) is 3.99. The summed E-state index contributed by atoms with van der Waals surface area (Å²) >= 11 is 0. The van der Waals surface area contributed by atoms with Gasteiger partial charge in [-0.1, -0.05) is 19.8 Å². The quantitative estimate of drug-likeness (QED) is 0.550. The molecule has 0 aromatic carbocycles. The molecule has 3 N–H and O–H groups in total. The first-order chi connectivity index (χ1) is 7.67. The summed E-state index contributed by atoms with van der Waals surface area (Å²) in [6, 6.07) is 2.85. The second-order valence-corrected chi connectivity index (χ2v) is 4.59. The predicted molar refractivity (Wildman–Crippen MR) is 67.0 cm³/mol. The molecule has 92 valence electrons. The van der Waals surface area contributed by atoms with E-state index in [1.807, 2.05) is 10.9 Å². The molecule has 0 amide bonds. The van der Waals surface area contributed by atoms with E-state index < -0.39 is 0 Å². The van der Waals surface area contributed by atoms with Gasteiger partial charge in [-0.3, -0.25) is 16.0 Å². The highest BCUT2D eigenvalue weighted by Crippen LogP contribution is 2.09. The van der Waals surface area contributed by atoms with E-state index >= 15 is 0 Å². The number of rotatable bonds is 7. The normalized spacial score (nSPS) is 13.3. The second kappa shape index (κ2) is 6.66. The molecule has 1 aromatic rings. The molecule has 4 nitrogen and oxygen atoms in total. The van der Waals surface area contributed by atoms with Crippen molar-refractivity contribution >= 4 is 0 Å². The number of nitrogens with zero attached hydrogens (tertiary/aromatic N) is 2. The summed E-state index contributed by atoms with van der Waals surface area (Å²) in [5.74, 6) is 5.54. The molecule has 0 fully saturated rings. The van der Waals surface area contributed by atoms with Gasteiger partial charge in [0.1, 0.15) is 0 Å². The van der Waals surface area contributed by atoms with Crippen LogP contribution in [-0.4, -0.2) is 15.8 Å². The second-order valence-electron chi connectivity index (χ2n) is 4.59. The van der Waals surface area contributed by atoms with E-state index in [1.165, 1.54) is 12.8 Å². The van der Waals surface area contributed by atoms with Crippen molar-refractivity contribution in [1.29, 1.82) is 0 Å². The molecule has 0 aliphatic carbocycles. The van der Waals surface area contributed by atoms with Crippen molar-refractivity contribution in [3.63, 3.8) is 0 Å². The smallest absolute Gasteiger partial charge is 0.0640 e. The Bertz CT molecular complexity index is 293. The van der Waals surface area contributed by atoms with E-state index in [1.54, 1.807) is 0 Å². The van der Waals surface area contributed by atoms with Gasteiger partial charge < -0.3 is 0 Å². The van der Waals surface area contributed by atoms with Gasteiger partial charge in [0.2, 0.25) is 0 Å². The molecular weight excluding hydrogens is 200 g/mol. The summed E-state index contributed by atoms with van der Waals surface area (Å²) < 4.78 is 1.99. The third-order valence-corrected chi connectivity index (χ3v) is 2.79. The zero-order valence-corrected chi connectivity index (χ0v) is 10.6. The van der Waals surface area contributed by atoms with Crippen molar-refractivity contribution in [3.05, 3.63) is 18.0 Å². The molecule has 1 aromatic heterocycles. The lowest BCUT2D eigenvalue weighted by atomic mass is 10.1. The molecular formula is C12H24N4. The number of aromatic nitrogens is 2. The lowest BCUT2D eigenvalue weighted by Crippen LogP contribution is -2.36. The molecule has 1 unspecified atom stereocenters. The number of hydrogen-bond donors (Lipinski definition) is 2. The fourth-order valence-electron chi connectivity index (χ4n) is 1.72. The van der Waals surface area contributed by atoms with E-state index in [4.69, 9.17) is 5.84 Å². The first kappa shape index (κ1) is 13.2. The molecule has 1 rings (SSSR count). The maximum Gasteiger partial charge on any atom is 0.0640 e. The highest BCUT2D eigenvalue weighted by Gasteiger charge is 2.09. The molecule has 4 heteroatoms. The van der Waals surface area contributed by atoms with Crippen LogP contribution in [0.3, 0.4) is 0 Å². The maximum atomic E-state index is 5.54. The van der Waals surface area contributed by atoms with E-state index in [9.17, 15) is 0 Å². The van der Waals surface area contributed by atoms with Gasteiger partial charge in [-0.15, -0.1) is 0 Å². The number of nitrogens with one attached hydrogen (secondary N) is 1. The minimum absolute atomic E-state index is 0.343. The fourth-order valence-corrected chi connectivity index (χ4v) is 1.72. The van der Waals surface area contributed by atoms with Crippen LogP contribution in [0, 0.1) is 0 Å². The number of nitrogens with two attached hydrogens (primary N) is 1. The van der Waals surface area contributed by atoms with Gasteiger partial charge in [0, 0.05) is 24.7 Å². The third-order valence-electron chi connectivity index (χ3n) is 2.79. The van der Waals surface area contributed by atoms with Crippen molar-refractivity contribution in [2.45, 2.75) is 58.5 Å². The van der Waals surface area contributed by atoms with Crippen LogP contribution >= 0.6 is 0 Å². The van der Waals surface area contributed by atoms with Crippen LogP contribution in [0.5, 0.6) is 0 Å². The van der Waals surface area contributed by atoms with E-state index in [-0.39, 0.29) is 0 Å². The minimum Gasteiger partial charge on any atom is -0.271 e. The van der Waals surface area contributed by atoms with Crippen LogP contribution in [0.2, 0.25) is 0 Å². The first-order valence-corrected chi connectivity index (χ1v) is 6.17. The van der Waals surface area contributed by atoms with E-state index in [2.05, 4.69) is 37.4 Å². The summed E-state index contributed by atoms with van der Waals surface area (Å²) in [5, 5.41) is 4.53. The summed E-state index contributed by atoms with van der Waals surface area (Å²) in [6.07, 6.45) is 6.48. The number of hydrazine groups is 1. The summed E-state index contributed by atoms with van der Waals surface area (Å²) in [6.45, 7) is 6.46. The lowest BCUT2D eigenvalue weighted by molar-refractivity contribution is 0.461. The van der Waals surface area contributed by atoms with Crippen LogP contribution in [0.25, 0.3) is 0 Å². The maximum absolute atomic E-state index is 5.54. The number of hydrogen-bond acceptors (Lipinski definition) is 3. The molecule has 1 heterocycles. The Kier molecular flexibility index (Phi) is 5.49. The molecule has 16 heavy (non-hydrogen) atoms. The van der Waals surface area contributed by atoms with Crippen molar-refractivity contribution in [1.82, 2.24) is 15.2 Å². The van der Waals surface area contributed by atoms with Crippen LogP contribution in [-0.2, 0) is 6.42 Å². The molecule has 0 spiro atoms. The Morgan fingerprint density at radius 1 is 1.50 bits per heavy atom. The molecule has 0 saturated carbocycles. The van der Waals surface area contributed by atoms with Gasteiger partial charge in [-0.25, -0.2) is 0 Å². The van der Waals surface area contributed by atoms with Crippen LogP contribution in [0.1, 0.15) is 51.8 Å². The Morgan fingerprint density at radius 2 is 2.25 bits per heavy atom. The van der Waals surface area contributed by atoms with E-state index in [0.717, 1.165) is 18.5 Å². The molecule has 0 saturated heterocycles. The summed E-state index contributed by atoms with van der Waals surface area (Å²) in [4.78, 5) is 0. The SMILES string of the molecule is CCCCC(Cc1ccn(C(C)C)n1)NN. The Hall–Kier alpha value is -0.870. The van der Waals surface area contributed by atoms with Crippen molar-refractivity contribution in [3.8, 4) is 0 Å². The van der Waals surface area contributed by atoms with E-state index in [0.29, 0.717) is 12.1 Å². The van der Waals surface area contributed by atoms with Crippen LogP contribution < -0.4 is 11.3 Å². The minimum atomic E-state index is 0.343. The first-order valence-electron chi connectivity index (χ1n) is 6.17. The number of unbranched alkanes of at least 4 members (excludes halogenated alkanes) is 1. The largest absolute Gasteiger partial charge is 0.271 e. The van der Waals surface area contributed by atoms with Gasteiger partial charge >= 0.3 is 0 Å². The Labute approximate surface area is 98.2 Å². The van der Waals surface area contributed by atoms with Gasteiger partial charge in [0.25, 0.3) is 0 Å². The van der Waals surface area contributed by atoms with Gasteiger partial charge in [0.05, 0.1) is 5.69 Å². The van der Waals surface area contributed by atoms with Crippen LogP contribution in [0.15, 0.2) is 12.3 Å². The molecule has 0 radical (unpaired) electrons. The molecule has 0 aliphatic rings. The highest BCUT2D eigenvalue weighted by atomic mass is 15.3. The van der Waals surface area contributed by atoms with Crippen LogP contribution in [0.4, 0.5) is 0 Å². The zero-order chi connectivity index (χ0) is 12.0. The van der Waals surface area contributed by atoms with Gasteiger partial charge in [-0.05, 0) is 26.3 Å². The zero-order valence-electron chi connectivity index (χ0n) is 10.6. The van der Waals surface area contributed by atoms with Crippen molar-refractivity contribution in [2.75, 3.05) is 0 Å². The monoisotopic (exact) mass is 224 g/mol. The van der Waals surface area contributed by atoms with Crippen molar-refractivity contribution < 1.29 is 0 Å². The molecule has 1 atom stereocenters. The lowest BCUT2D eigenvalue weighted by Gasteiger charge is -2.13. The fraction of sp³-hybridized carbons (Fsp3) is 0.750. The van der Waals surface area contributed by atoms with Gasteiger partial charge in [0.15, 0.2) is 0 Å². The third kappa shape index (κ3) is 3.94.